The van der Waals surface area contributed by atoms with Crippen molar-refractivity contribution in [3.05, 3.63) is 40.7 Å². The fourth-order valence-corrected chi connectivity index (χ4v) is 3.24. The average Bonchev–Trinajstić information content (AvgIpc) is 3.53. The predicted molar refractivity (Wildman–Crippen MR) is 90.0 cm³/mol. The minimum Gasteiger partial charge on any atom is -0.480 e. The Bertz CT molecular complexity index is 983. The minimum absolute atomic E-state index is 0.0509. The molecule has 2 saturated carbocycles. The third-order valence-electron chi connectivity index (χ3n) is 4.82. The number of hydrogen-bond acceptors (Lipinski definition) is 4. The topological polar surface area (TPSA) is 88.1 Å². The number of rotatable bonds is 6. The third-order valence-corrected chi connectivity index (χ3v) is 4.82. The van der Waals surface area contributed by atoms with Gasteiger partial charge in [-0.3, -0.25) is 9.48 Å². The van der Waals surface area contributed by atoms with E-state index < -0.39 is 23.3 Å². The van der Waals surface area contributed by atoms with Gasteiger partial charge >= 0.3 is 12.1 Å². The first-order valence-electron chi connectivity index (χ1n) is 8.89. The smallest absolute Gasteiger partial charge is 0.417 e. The SMILES string of the molecule is N#Cc1ccc(Oc2c(C3CC3)nn(CC(=O)O)c2C2CC2)cc1C(F)(F)F. The van der Waals surface area contributed by atoms with E-state index in [9.17, 15) is 18.0 Å². The van der Waals surface area contributed by atoms with Crippen LogP contribution in [-0.2, 0) is 17.5 Å². The molecule has 0 unspecified atom stereocenters. The molecule has 9 heteroatoms. The Balaban J connectivity index is 1.77. The van der Waals surface area contributed by atoms with Gasteiger partial charge in [-0.25, -0.2) is 0 Å². The number of carboxylic acid groups (broad SMARTS) is 1. The largest absolute Gasteiger partial charge is 0.480 e. The number of aromatic nitrogens is 2. The fraction of sp³-hybridized carbons (Fsp3) is 0.421. The lowest BCUT2D eigenvalue weighted by atomic mass is 10.1. The number of nitriles is 1. The molecule has 146 valence electrons. The molecule has 0 bridgehead atoms. The fourth-order valence-electron chi connectivity index (χ4n) is 3.24. The molecule has 2 aromatic rings. The van der Waals surface area contributed by atoms with E-state index in [2.05, 4.69) is 5.10 Å². The van der Waals surface area contributed by atoms with Crippen molar-refractivity contribution in [2.45, 2.75) is 50.2 Å². The van der Waals surface area contributed by atoms with Crippen molar-refractivity contribution in [2.24, 2.45) is 0 Å². The Hall–Kier alpha value is -3.02. The summed E-state index contributed by atoms with van der Waals surface area (Å²) in [5, 5.41) is 22.5. The lowest BCUT2D eigenvalue weighted by Gasteiger charge is -2.13. The molecule has 1 aromatic heterocycles. The number of ether oxygens (including phenoxy) is 1. The summed E-state index contributed by atoms with van der Waals surface area (Å²) in [7, 11) is 0. The number of carbonyl (C=O) groups is 1. The number of benzene rings is 1. The van der Waals surface area contributed by atoms with Crippen molar-refractivity contribution in [1.29, 1.82) is 5.26 Å². The highest BCUT2D eigenvalue weighted by atomic mass is 19.4. The molecule has 6 nitrogen and oxygen atoms in total. The van der Waals surface area contributed by atoms with Crippen LogP contribution in [0.4, 0.5) is 13.2 Å². The number of halogens is 3. The number of hydrogen-bond donors (Lipinski definition) is 1. The van der Waals surface area contributed by atoms with Gasteiger partial charge in [0.25, 0.3) is 0 Å². The van der Waals surface area contributed by atoms with Crippen LogP contribution in [0.5, 0.6) is 11.5 Å². The maximum absolute atomic E-state index is 13.2. The zero-order valence-electron chi connectivity index (χ0n) is 14.7. The number of carboxylic acids is 1. The Morgan fingerprint density at radius 1 is 1.29 bits per heavy atom. The molecular formula is C19H16F3N3O3. The Kier molecular flexibility index (Phi) is 4.29. The van der Waals surface area contributed by atoms with E-state index in [0.29, 0.717) is 17.1 Å². The molecule has 1 N–H and O–H groups in total. The molecule has 2 fully saturated rings. The van der Waals surface area contributed by atoms with Crippen LogP contribution in [0.3, 0.4) is 0 Å². The second-order valence-electron chi connectivity index (χ2n) is 7.12. The van der Waals surface area contributed by atoms with Crippen molar-refractivity contribution in [3.63, 3.8) is 0 Å². The van der Waals surface area contributed by atoms with Gasteiger partial charge in [-0.15, -0.1) is 0 Å². The predicted octanol–water partition coefficient (Wildman–Crippen LogP) is 4.41. The zero-order valence-corrected chi connectivity index (χ0v) is 14.7. The van der Waals surface area contributed by atoms with Crippen LogP contribution in [0, 0.1) is 11.3 Å². The standard InChI is InChI=1S/C19H16F3N3O3/c20-19(21,22)14-7-13(6-5-12(14)8-23)28-18-16(10-1-2-10)24-25(9-15(26)27)17(18)11-3-4-11/h5-7,10-11H,1-4,9H2,(H,26,27). The number of aliphatic carboxylic acids is 1. The number of alkyl halides is 3. The van der Waals surface area contributed by atoms with Gasteiger partial charge in [-0.2, -0.15) is 23.5 Å². The molecule has 1 aromatic carbocycles. The van der Waals surface area contributed by atoms with Crippen LogP contribution in [0.15, 0.2) is 18.2 Å². The van der Waals surface area contributed by atoms with Gasteiger partial charge in [-0.05, 0) is 43.9 Å². The molecule has 0 spiro atoms. The highest BCUT2D eigenvalue weighted by Crippen LogP contribution is 2.52. The monoisotopic (exact) mass is 391 g/mol. The lowest BCUT2D eigenvalue weighted by molar-refractivity contribution is -0.138. The van der Waals surface area contributed by atoms with E-state index in [1.165, 1.54) is 10.7 Å². The van der Waals surface area contributed by atoms with E-state index in [0.717, 1.165) is 37.8 Å². The molecule has 0 radical (unpaired) electrons. The highest BCUT2D eigenvalue weighted by Gasteiger charge is 2.39. The van der Waals surface area contributed by atoms with E-state index in [-0.39, 0.29) is 24.1 Å². The molecule has 0 amide bonds. The molecule has 28 heavy (non-hydrogen) atoms. The maximum atomic E-state index is 13.2. The van der Waals surface area contributed by atoms with Crippen LogP contribution in [0.1, 0.15) is 60.0 Å². The van der Waals surface area contributed by atoms with Gasteiger partial charge in [0.15, 0.2) is 5.75 Å². The highest BCUT2D eigenvalue weighted by molar-refractivity contribution is 5.67. The van der Waals surface area contributed by atoms with Gasteiger partial charge in [0.2, 0.25) is 0 Å². The molecule has 0 saturated heterocycles. The first-order valence-corrected chi connectivity index (χ1v) is 8.89. The molecule has 2 aliphatic rings. The van der Waals surface area contributed by atoms with Gasteiger partial charge < -0.3 is 9.84 Å². The van der Waals surface area contributed by atoms with Crippen LogP contribution < -0.4 is 4.74 Å². The lowest BCUT2D eigenvalue weighted by Crippen LogP contribution is -2.13. The van der Waals surface area contributed by atoms with Crippen LogP contribution in [0.2, 0.25) is 0 Å². The van der Waals surface area contributed by atoms with Crippen molar-refractivity contribution < 1.29 is 27.8 Å². The minimum atomic E-state index is -4.68. The van der Waals surface area contributed by atoms with Crippen molar-refractivity contribution >= 4 is 5.97 Å². The summed E-state index contributed by atoms with van der Waals surface area (Å²) < 4.78 is 47.0. The second kappa shape index (κ2) is 6.55. The Morgan fingerprint density at radius 3 is 2.50 bits per heavy atom. The van der Waals surface area contributed by atoms with Crippen molar-refractivity contribution in [3.8, 4) is 17.6 Å². The van der Waals surface area contributed by atoms with Crippen LogP contribution >= 0.6 is 0 Å². The van der Waals surface area contributed by atoms with E-state index in [4.69, 9.17) is 15.1 Å². The Morgan fingerprint density at radius 2 is 1.96 bits per heavy atom. The molecule has 0 aliphatic heterocycles. The van der Waals surface area contributed by atoms with Gasteiger partial charge in [0.1, 0.15) is 18.0 Å². The molecular weight excluding hydrogens is 375 g/mol. The van der Waals surface area contributed by atoms with Gasteiger partial charge in [0.05, 0.1) is 22.9 Å². The summed E-state index contributed by atoms with van der Waals surface area (Å²) in [6.07, 6.45) is -1.21. The summed E-state index contributed by atoms with van der Waals surface area (Å²) in [4.78, 5) is 11.2. The number of nitrogens with zero attached hydrogens (tertiary/aromatic N) is 3. The zero-order chi connectivity index (χ0) is 20.1. The first-order chi connectivity index (χ1) is 13.3. The van der Waals surface area contributed by atoms with E-state index >= 15 is 0 Å². The maximum Gasteiger partial charge on any atom is 0.417 e. The molecule has 4 rings (SSSR count). The summed E-state index contributed by atoms with van der Waals surface area (Å²) in [6.45, 7) is -0.323. The van der Waals surface area contributed by atoms with Gasteiger partial charge in [-0.1, -0.05) is 0 Å². The van der Waals surface area contributed by atoms with Crippen LogP contribution in [-0.4, -0.2) is 20.9 Å². The third kappa shape index (κ3) is 3.54. The van der Waals surface area contributed by atoms with E-state index in [1.54, 1.807) is 6.07 Å². The second-order valence-corrected chi connectivity index (χ2v) is 7.12. The summed E-state index contributed by atoms with van der Waals surface area (Å²) in [5.41, 5.74) is -0.319. The Labute approximate surface area is 158 Å². The summed E-state index contributed by atoms with van der Waals surface area (Å²) in [6, 6.07) is 4.74. The first kappa shape index (κ1) is 18.3. The molecule has 1 heterocycles. The van der Waals surface area contributed by atoms with Gasteiger partial charge in [0, 0.05) is 11.8 Å². The quantitative estimate of drug-likeness (QED) is 0.788. The normalized spacial score (nSPS) is 16.6. The average molecular weight is 391 g/mol. The molecule has 2 aliphatic carbocycles. The molecule has 0 atom stereocenters. The summed E-state index contributed by atoms with van der Waals surface area (Å²) >= 11 is 0. The van der Waals surface area contributed by atoms with Crippen molar-refractivity contribution in [1.82, 2.24) is 9.78 Å². The van der Waals surface area contributed by atoms with Crippen LogP contribution in [0.25, 0.3) is 0 Å². The van der Waals surface area contributed by atoms with Crippen molar-refractivity contribution in [2.75, 3.05) is 0 Å². The summed E-state index contributed by atoms with van der Waals surface area (Å²) in [5.74, 6) is -0.511. The van der Waals surface area contributed by atoms with E-state index in [1.807, 2.05) is 0 Å².